The number of nitrogens with zero attached hydrogens (tertiary/aromatic N) is 10. The molecule has 270 valence electrons. The minimum Gasteiger partial charge on any atom is -0.324 e. The van der Waals surface area contributed by atoms with Crippen LogP contribution in [0.5, 0.6) is 0 Å². The maximum absolute atomic E-state index is 5.29. The lowest BCUT2D eigenvalue weighted by Crippen LogP contribution is -2.67. The highest BCUT2D eigenvalue weighted by Crippen LogP contribution is 2.40. The Balaban J connectivity index is 1.44. The monoisotopic (exact) mass is 714 g/mol. The van der Waals surface area contributed by atoms with E-state index in [0.717, 1.165) is 49.4 Å². The van der Waals surface area contributed by atoms with Gasteiger partial charge in [-0.05, 0) is 68.0 Å². The Hall–Kier alpha value is -5.92. The van der Waals surface area contributed by atoms with Crippen molar-refractivity contribution in [3.8, 4) is 45.6 Å². The third-order valence-corrected chi connectivity index (χ3v) is 10.7. The molecule has 2 aliphatic rings. The summed E-state index contributed by atoms with van der Waals surface area (Å²) in [5.74, 6) is 2.31. The summed E-state index contributed by atoms with van der Waals surface area (Å²) in [7, 11) is 17.0. The van der Waals surface area contributed by atoms with Gasteiger partial charge in [0.15, 0.2) is 23.3 Å². The van der Waals surface area contributed by atoms with Gasteiger partial charge < -0.3 is 9.97 Å². The van der Waals surface area contributed by atoms with E-state index in [-0.39, 0.29) is 6.17 Å². The molecule has 0 aliphatic carbocycles. The van der Waals surface area contributed by atoms with Crippen molar-refractivity contribution in [2.45, 2.75) is 11.8 Å². The largest absolute Gasteiger partial charge is 0.324 e. The summed E-state index contributed by atoms with van der Waals surface area (Å²) in [5, 5.41) is 3.73. The van der Waals surface area contributed by atoms with Crippen LogP contribution in [-0.2, 0) is 5.66 Å². The molecule has 12 heteroatoms. The van der Waals surface area contributed by atoms with Crippen LogP contribution in [0.2, 0.25) is 0 Å². The van der Waals surface area contributed by atoms with Crippen molar-refractivity contribution in [3.63, 3.8) is 0 Å². The second-order valence-corrected chi connectivity index (χ2v) is 14.8. The number of hydrogen-bond donors (Lipinski definition) is 2. The smallest absolute Gasteiger partial charge is 0.164 e. The first kappa shape index (κ1) is 33.9. The Labute approximate surface area is 313 Å². The van der Waals surface area contributed by atoms with E-state index in [2.05, 4.69) is 104 Å². The number of aromatic nitrogens is 8. The second kappa shape index (κ2) is 12.6. The molecule has 0 radical (unpaired) electrons. The van der Waals surface area contributed by atoms with Crippen LogP contribution >= 0.6 is 0 Å². The molecule has 0 spiro atoms. The van der Waals surface area contributed by atoms with Gasteiger partial charge in [0.2, 0.25) is 0 Å². The van der Waals surface area contributed by atoms with Gasteiger partial charge in [0.05, 0.1) is 6.17 Å². The van der Waals surface area contributed by atoms with E-state index in [1.165, 1.54) is 0 Å². The van der Waals surface area contributed by atoms with Crippen LogP contribution in [0, 0.1) is 0 Å². The van der Waals surface area contributed by atoms with Crippen molar-refractivity contribution in [3.05, 3.63) is 96.6 Å². The highest BCUT2D eigenvalue weighted by Gasteiger charge is 2.47. The van der Waals surface area contributed by atoms with Gasteiger partial charge in [-0.1, -0.05) is 84.9 Å². The number of aromatic amines is 2. The molecule has 8 bridgehead atoms. The predicted octanol–water partition coefficient (Wildman–Crippen LogP) is 6.59. The van der Waals surface area contributed by atoms with Crippen molar-refractivity contribution >= 4 is 44.1 Å². The molecule has 0 saturated carbocycles. The zero-order valence-electron chi connectivity index (χ0n) is 31.7. The van der Waals surface area contributed by atoms with E-state index < -0.39 is 5.66 Å². The topological polar surface area (TPSA) is 122 Å². The zero-order chi connectivity index (χ0) is 37.5. The number of nitrogens with one attached hydrogen (secondary N) is 2. The maximum Gasteiger partial charge on any atom is 0.164 e. The van der Waals surface area contributed by atoms with Gasteiger partial charge in [-0.2, -0.15) is 0 Å². The van der Waals surface area contributed by atoms with E-state index in [1.54, 1.807) is 0 Å². The summed E-state index contributed by atoms with van der Waals surface area (Å²) in [5.41, 5.74) is 6.83. The van der Waals surface area contributed by atoms with Crippen molar-refractivity contribution in [2.75, 3.05) is 56.4 Å². The van der Waals surface area contributed by atoms with Gasteiger partial charge in [-0.25, -0.2) is 29.9 Å². The molecule has 7 aromatic rings. The number of likely N-dealkylation sites (N-methyl/N-ethyl adjacent to an activating group) is 4. The summed E-state index contributed by atoms with van der Waals surface area (Å²) in [4.78, 5) is 47.1. The van der Waals surface area contributed by atoms with Crippen molar-refractivity contribution in [1.29, 1.82) is 0 Å². The summed E-state index contributed by atoms with van der Waals surface area (Å²) in [6.07, 6.45) is -0.0192. The molecule has 3 aromatic heterocycles. The molecule has 4 aromatic carbocycles. The summed E-state index contributed by atoms with van der Waals surface area (Å²) < 4.78 is 0. The van der Waals surface area contributed by atoms with Crippen LogP contribution in [0.25, 0.3) is 89.7 Å². The van der Waals surface area contributed by atoms with Crippen LogP contribution < -0.4 is 0 Å². The molecule has 54 heavy (non-hydrogen) atoms. The molecule has 0 saturated heterocycles. The fourth-order valence-electron chi connectivity index (χ4n) is 8.58. The number of fused-ring (bicyclic) bond motifs is 20. The zero-order valence-corrected chi connectivity index (χ0v) is 31.7. The van der Waals surface area contributed by atoms with Gasteiger partial charge in [0, 0.05) is 43.8 Å². The van der Waals surface area contributed by atoms with Gasteiger partial charge in [-0.3, -0.25) is 19.6 Å². The molecule has 0 atom stereocenters. The Morgan fingerprint density at radius 1 is 0.426 bits per heavy atom. The normalized spacial score (nSPS) is 12.9. The molecule has 5 heterocycles. The standard InChI is InChI=1S/C42H42N12/c1-51(2)41(52(3)4)42(53(5)6,54(7)8)24-21-22-31-32(23-24)40-49-38-30-20-14-13-19-29(30)36(47-38)45-34-26-16-10-9-15-25(26)33(43-34)44-35-27-17-11-12-18-28(27)37(46-35)48-39(31)50-40/h9-23,41H,1-8H3,(H2,43,44,45,46,47,48,49,50). The lowest BCUT2D eigenvalue weighted by atomic mass is 9.90. The Morgan fingerprint density at radius 2 is 0.778 bits per heavy atom. The SMILES string of the molecule is CN(C)C(N(C)C)C(c1ccc2c3nc4nc(nc5[nH]c(nc6nc(nc([nH]3)c2c1)-c1ccccc1-6)c1ccccc51)-c1ccccc1-4)(N(C)C)N(C)C. The molecular formula is C42H42N12. The average molecular weight is 715 g/mol. The van der Waals surface area contributed by atoms with Gasteiger partial charge in [0.1, 0.15) is 28.3 Å². The lowest BCUT2D eigenvalue weighted by Gasteiger charge is -2.54. The molecular weight excluding hydrogens is 673 g/mol. The summed E-state index contributed by atoms with van der Waals surface area (Å²) >= 11 is 0. The number of H-pyrrole nitrogens is 2. The maximum atomic E-state index is 5.29. The highest BCUT2D eigenvalue weighted by molar-refractivity contribution is 6.06. The van der Waals surface area contributed by atoms with Crippen LogP contribution in [0.4, 0.5) is 0 Å². The third kappa shape index (κ3) is 5.06. The van der Waals surface area contributed by atoms with Crippen molar-refractivity contribution in [2.24, 2.45) is 0 Å². The van der Waals surface area contributed by atoms with E-state index in [4.69, 9.17) is 29.9 Å². The first-order valence-corrected chi connectivity index (χ1v) is 18.0. The summed E-state index contributed by atoms with van der Waals surface area (Å²) in [6, 6.07) is 30.9. The van der Waals surface area contributed by atoms with E-state index in [1.807, 2.05) is 72.8 Å². The molecule has 0 fully saturated rings. The van der Waals surface area contributed by atoms with Crippen molar-refractivity contribution < 1.29 is 0 Å². The Morgan fingerprint density at radius 3 is 1.15 bits per heavy atom. The minimum atomic E-state index is -0.559. The quantitative estimate of drug-likeness (QED) is 0.182. The molecule has 9 rings (SSSR count). The number of rotatable bonds is 6. The Kier molecular flexibility index (Phi) is 7.91. The first-order valence-electron chi connectivity index (χ1n) is 18.0. The molecule has 0 unspecified atom stereocenters. The van der Waals surface area contributed by atoms with Gasteiger partial charge in [0.25, 0.3) is 0 Å². The van der Waals surface area contributed by atoms with Gasteiger partial charge >= 0.3 is 0 Å². The number of hydrogen-bond acceptors (Lipinski definition) is 10. The van der Waals surface area contributed by atoms with Crippen LogP contribution in [0.1, 0.15) is 5.56 Å². The molecule has 2 aliphatic heterocycles. The lowest BCUT2D eigenvalue weighted by molar-refractivity contribution is -0.116. The fourth-order valence-corrected chi connectivity index (χ4v) is 8.58. The van der Waals surface area contributed by atoms with E-state index >= 15 is 0 Å². The first-order chi connectivity index (χ1) is 26.1. The van der Waals surface area contributed by atoms with Crippen LogP contribution in [0.3, 0.4) is 0 Å². The minimum absolute atomic E-state index is 0.0192. The Bertz CT molecular complexity index is 2750. The van der Waals surface area contributed by atoms with Crippen LogP contribution in [0.15, 0.2) is 91.0 Å². The highest BCUT2D eigenvalue weighted by atomic mass is 15.5. The predicted molar refractivity (Wildman–Crippen MR) is 216 cm³/mol. The van der Waals surface area contributed by atoms with E-state index in [0.29, 0.717) is 45.9 Å². The molecule has 12 nitrogen and oxygen atoms in total. The van der Waals surface area contributed by atoms with Crippen molar-refractivity contribution in [1.82, 2.24) is 59.5 Å². The van der Waals surface area contributed by atoms with Gasteiger partial charge in [-0.15, -0.1) is 0 Å². The van der Waals surface area contributed by atoms with Crippen LogP contribution in [-0.4, -0.2) is 122 Å². The second-order valence-electron chi connectivity index (χ2n) is 14.8. The number of benzene rings is 4. The molecule has 2 N–H and O–H groups in total. The third-order valence-electron chi connectivity index (χ3n) is 10.7. The van der Waals surface area contributed by atoms with E-state index in [9.17, 15) is 0 Å². The summed E-state index contributed by atoms with van der Waals surface area (Å²) in [6.45, 7) is 0. The average Bonchev–Trinajstić information content (AvgIpc) is 3.88. The molecule has 0 amide bonds. The fraction of sp³-hybridized carbons (Fsp3) is 0.238.